The summed E-state index contributed by atoms with van der Waals surface area (Å²) >= 11 is 0. The van der Waals surface area contributed by atoms with Gasteiger partial charge in [-0.2, -0.15) is 5.26 Å². The second kappa shape index (κ2) is 9.25. The smallest absolute Gasteiger partial charge is 0.317 e. The summed E-state index contributed by atoms with van der Waals surface area (Å²) in [6, 6.07) is 9.33. The molecule has 0 amide bonds. The molecule has 0 saturated heterocycles. The molecule has 0 radical (unpaired) electrons. The summed E-state index contributed by atoms with van der Waals surface area (Å²) < 4.78 is 32.5. The molecule has 0 bridgehead atoms. The number of ether oxygens (including phenoxy) is 3. The Kier molecular flexibility index (Phi) is 8.00. The SMILES string of the molecule is CCOC(OCC)(OCC)C(C)(C#N)NS(=O)c1ccc(C)cc1. The van der Waals surface area contributed by atoms with Crippen molar-refractivity contribution in [1.29, 1.82) is 5.26 Å². The molecule has 0 aliphatic heterocycles. The molecule has 0 spiro atoms. The van der Waals surface area contributed by atoms with Crippen molar-refractivity contribution >= 4 is 11.0 Å². The zero-order valence-corrected chi connectivity index (χ0v) is 15.7. The van der Waals surface area contributed by atoms with E-state index >= 15 is 0 Å². The van der Waals surface area contributed by atoms with Gasteiger partial charge in [0.1, 0.15) is 11.0 Å². The van der Waals surface area contributed by atoms with Gasteiger partial charge in [-0.25, -0.2) is 8.93 Å². The molecule has 0 heterocycles. The third kappa shape index (κ3) is 4.62. The summed E-state index contributed by atoms with van der Waals surface area (Å²) in [4.78, 5) is 0.556. The van der Waals surface area contributed by atoms with E-state index in [0.29, 0.717) is 4.90 Å². The normalized spacial score (nSPS) is 15.5. The van der Waals surface area contributed by atoms with Crippen molar-refractivity contribution in [1.82, 2.24) is 4.72 Å². The van der Waals surface area contributed by atoms with Gasteiger partial charge in [0, 0.05) is 19.8 Å². The summed E-state index contributed by atoms with van der Waals surface area (Å²) in [5, 5.41) is 9.75. The van der Waals surface area contributed by atoms with Gasteiger partial charge in [0.2, 0.25) is 0 Å². The molecule has 0 aliphatic rings. The number of nitriles is 1. The highest BCUT2D eigenvalue weighted by molar-refractivity contribution is 7.83. The Balaban J connectivity index is 3.17. The first-order chi connectivity index (χ1) is 11.4. The average Bonchev–Trinajstić information content (AvgIpc) is 2.55. The summed E-state index contributed by atoms with van der Waals surface area (Å²) in [7, 11) is -1.63. The predicted octanol–water partition coefficient (Wildman–Crippen LogP) is 2.65. The third-order valence-electron chi connectivity index (χ3n) is 3.37. The van der Waals surface area contributed by atoms with Gasteiger partial charge in [0.05, 0.1) is 11.0 Å². The molecule has 0 aromatic heterocycles. The summed E-state index contributed by atoms with van der Waals surface area (Å²) in [5.41, 5.74) is -0.420. The Bertz CT molecular complexity index is 568. The highest BCUT2D eigenvalue weighted by Gasteiger charge is 2.54. The minimum atomic E-state index is -1.65. The highest BCUT2D eigenvalue weighted by Crippen LogP contribution is 2.30. The zero-order valence-electron chi connectivity index (χ0n) is 14.9. The molecule has 6 nitrogen and oxygen atoms in total. The fraction of sp³-hybridized carbons (Fsp3) is 0.588. The molecule has 1 aromatic carbocycles. The molecule has 24 heavy (non-hydrogen) atoms. The van der Waals surface area contributed by atoms with Crippen molar-refractivity contribution in [3.05, 3.63) is 29.8 Å². The molecule has 1 rings (SSSR count). The van der Waals surface area contributed by atoms with E-state index in [2.05, 4.69) is 10.8 Å². The van der Waals surface area contributed by atoms with Crippen LogP contribution < -0.4 is 4.72 Å². The van der Waals surface area contributed by atoms with Crippen molar-refractivity contribution in [3.8, 4) is 6.07 Å². The topological polar surface area (TPSA) is 80.6 Å². The van der Waals surface area contributed by atoms with Crippen LogP contribution in [0.3, 0.4) is 0 Å². The number of hydrogen-bond acceptors (Lipinski definition) is 5. The number of nitrogens with zero attached hydrogens (tertiary/aromatic N) is 1. The Hall–Kier alpha value is -1.30. The molecule has 2 unspecified atom stereocenters. The molecule has 2 atom stereocenters. The number of rotatable bonds is 10. The van der Waals surface area contributed by atoms with Gasteiger partial charge in [-0.1, -0.05) is 17.7 Å². The van der Waals surface area contributed by atoms with E-state index in [4.69, 9.17) is 14.2 Å². The molecular formula is C17H26N2O4S. The van der Waals surface area contributed by atoms with E-state index in [1.807, 2.05) is 19.1 Å². The standard InChI is InChI=1S/C17H26N2O4S/c1-6-21-17(22-7-2,23-8-3)16(5,13-18)19-24(20)15-11-9-14(4)10-12-15/h9-12,19H,6-8H2,1-5H3. The van der Waals surface area contributed by atoms with Crippen LogP contribution in [0.1, 0.15) is 33.3 Å². The molecule has 7 heteroatoms. The van der Waals surface area contributed by atoms with Crippen LogP contribution in [0, 0.1) is 18.3 Å². The van der Waals surface area contributed by atoms with Crippen molar-refractivity contribution in [2.45, 2.75) is 51.0 Å². The van der Waals surface area contributed by atoms with Gasteiger partial charge in [0.25, 0.3) is 0 Å². The predicted molar refractivity (Wildman–Crippen MR) is 92.4 cm³/mol. The first-order valence-electron chi connectivity index (χ1n) is 7.97. The van der Waals surface area contributed by atoms with Crippen LogP contribution in [0.25, 0.3) is 0 Å². The van der Waals surface area contributed by atoms with Crippen LogP contribution in [0.4, 0.5) is 0 Å². The van der Waals surface area contributed by atoms with E-state index < -0.39 is 22.5 Å². The lowest BCUT2D eigenvalue weighted by Crippen LogP contribution is -2.64. The Morgan fingerprint density at radius 2 is 1.54 bits per heavy atom. The van der Waals surface area contributed by atoms with E-state index in [9.17, 15) is 9.47 Å². The van der Waals surface area contributed by atoms with E-state index in [1.165, 1.54) is 0 Å². The van der Waals surface area contributed by atoms with Crippen molar-refractivity contribution in [2.75, 3.05) is 19.8 Å². The first-order valence-corrected chi connectivity index (χ1v) is 9.12. The van der Waals surface area contributed by atoms with Crippen LogP contribution in [0.15, 0.2) is 29.2 Å². The van der Waals surface area contributed by atoms with Gasteiger partial charge in [-0.15, -0.1) is 0 Å². The van der Waals surface area contributed by atoms with Crippen LogP contribution in [-0.4, -0.2) is 35.5 Å². The maximum atomic E-state index is 12.7. The fourth-order valence-electron chi connectivity index (χ4n) is 2.19. The summed E-state index contributed by atoms with van der Waals surface area (Å²) in [6.45, 7) is 9.66. The maximum Gasteiger partial charge on any atom is 0.317 e. The van der Waals surface area contributed by atoms with Crippen molar-refractivity contribution < 1.29 is 18.4 Å². The monoisotopic (exact) mass is 354 g/mol. The van der Waals surface area contributed by atoms with Crippen LogP contribution in [0.5, 0.6) is 0 Å². The van der Waals surface area contributed by atoms with Crippen molar-refractivity contribution in [2.24, 2.45) is 0 Å². The van der Waals surface area contributed by atoms with Crippen LogP contribution in [0.2, 0.25) is 0 Å². The summed E-state index contributed by atoms with van der Waals surface area (Å²) in [5.74, 6) is -1.65. The molecule has 0 fully saturated rings. The van der Waals surface area contributed by atoms with Crippen molar-refractivity contribution in [3.63, 3.8) is 0 Å². The second-order valence-corrected chi connectivity index (χ2v) is 6.49. The number of hydrogen-bond donors (Lipinski definition) is 1. The third-order valence-corrected chi connectivity index (χ3v) is 4.66. The summed E-state index contributed by atoms with van der Waals surface area (Å²) in [6.07, 6.45) is 0. The molecular weight excluding hydrogens is 328 g/mol. The van der Waals surface area contributed by atoms with Crippen LogP contribution >= 0.6 is 0 Å². The van der Waals surface area contributed by atoms with Gasteiger partial charge in [0.15, 0.2) is 5.54 Å². The number of benzene rings is 1. The molecule has 1 aromatic rings. The van der Waals surface area contributed by atoms with Gasteiger partial charge >= 0.3 is 5.97 Å². The van der Waals surface area contributed by atoms with Crippen LogP contribution in [-0.2, 0) is 25.2 Å². The highest BCUT2D eigenvalue weighted by atomic mass is 32.2. The minimum Gasteiger partial charge on any atom is -0.325 e. The quantitative estimate of drug-likeness (QED) is 0.653. The number of nitrogens with one attached hydrogen (secondary N) is 1. The maximum absolute atomic E-state index is 12.7. The Morgan fingerprint density at radius 3 is 1.92 bits per heavy atom. The Labute approximate surface area is 146 Å². The Morgan fingerprint density at radius 1 is 1.08 bits per heavy atom. The van der Waals surface area contributed by atoms with E-state index in [1.54, 1.807) is 39.8 Å². The van der Waals surface area contributed by atoms with E-state index in [0.717, 1.165) is 5.56 Å². The second-order valence-electron chi connectivity index (χ2n) is 5.28. The van der Waals surface area contributed by atoms with Gasteiger partial charge < -0.3 is 14.2 Å². The molecule has 0 saturated carbocycles. The molecule has 134 valence electrons. The molecule has 1 N–H and O–H groups in total. The zero-order chi connectivity index (χ0) is 18.2. The minimum absolute atomic E-state index is 0.274. The average molecular weight is 354 g/mol. The first kappa shape index (κ1) is 20.7. The van der Waals surface area contributed by atoms with Gasteiger partial charge in [-0.05, 0) is 46.8 Å². The number of aryl methyl sites for hydroxylation is 1. The lowest BCUT2D eigenvalue weighted by molar-refractivity contribution is -0.397. The lowest BCUT2D eigenvalue weighted by Gasteiger charge is -2.42. The van der Waals surface area contributed by atoms with Gasteiger partial charge in [-0.3, -0.25) is 0 Å². The van der Waals surface area contributed by atoms with E-state index in [-0.39, 0.29) is 19.8 Å². The molecule has 0 aliphatic carbocycles. The fourth-order valence-corrected chi connectivity index (χ4v) is 3.23. The largest absolute Gasteiger partial charge is 0.325 e. The lowest BCUT2D eigenvalue weighted by atomic mass is 10.0.